The highest BCUT2D eigenvalue weighted by Gasteiger charge is 2.20. The Morgan fingerprint density at radius 3 is 2.80 bits per heavy atom. The number of aryl methyl sites for hydroxylation is 1. The molecule has 0 saturated carbocycles. The van der Waals surface area contributed by atoms with Crippen LogP contribution in [0.5, 0.6) is 0 Å². The lowest BCUT2D eigenvalue weighted by Gasteiger charge is -2.18. The molecule has 7 nitrogen and oxygen atoms in total. The predicted molar refractivity (Wildman–Crippen MR) is 56.6 cm³/mol. The van der Waals surface area contributed by atoms with Gasteiger partial charge in [0.05, 0.1) is 4.92 Å². The average Bonchev–Trinajstić information content (AvgIpc) is 2.42. The van der Waals surface area contributed by atoms with Crippen LogP contribution >= 0.6 is 0 Å². The summed E-state index contributed by atoms with van der Waals surface area (Å²) in [4.78, 5) is 10.2. The molecular formula is C8H15N5O2. The van der Waals surface area contributed by atoms with E-state index in [-0.39, 0.29) is 11.5 Å². The first-order valence-electron chi connectivity index (χ1n) is 4.50. The summed E-state index contributed by atoms with van der Waals surface area (Å²) in [7, 11) is 1.63. The summed E-state index contributed by atoms with van der Waals surface area (Å²) < 4.78 is 1.39. The lowest BCUT2D eigenvalue weighted by atomic mass is 10.1. The lowest BCUT2D eigenvalue weighted by Crippen LogP contribution is -2.39. The van der Waals surface area contributed by atoms with Crippen molar-refractivity contribution >= 4 is 11.5 Å². The fourth-order valence-corrected chi connectivity index (χ4v) is 1.05. The molecule has 1 aromatic heterocycles. The highest BCUT2D eigenvalue weighted by Crippen LogP contribution is 2.21. The highest BCUT2D eigenvalue weighted by atomic mass is 16.6. The smallest absolute Gasteiger partial charge is 0.330 e. The van der Waals surface area contributed by atoms with Gasteiger partial charge in [0.15, 0.2) is 0 Å². The Labute approximate surface area is 87.4 Å². The molecule has 3 N–H and O–H groups in total. The molecule has 0 aliphatic rings. The molecule has 0 aliphatic carbocycles. The van der Waals surface area contributed by atoms with E-state index in [4.69, 9.17) is 5.73 Å². The van der Waals surface area contributed by atoms with Gasteiger partial charge >= 0.3 is 5.69 Å². The van der Waals surface area contributed by atoms with Gasteiger partial charge in [-0.15, -0.1) is 5.10 Å². The molecule has 0 amide bonds. The van der Waals surface area contributed by atoms with Gasteiger partial charge in [-0.25, -0.2) is 0 Å². The van der Waals surface area contributed by atoms with Crippen LogP contribution in [0.2, 0.25) is 0 Å². The van der Waals surface area contributed by atoms with Crippen LogP contribution in [0.1, 0.15) is 13.8 Å². The van der Waals surface area contributed by atoms with Gasteiger partial charge in [0.2, 0.25) is 5.82 Å². The second-order valence-electron chi connectivity index (χ2n) is 4.14. The molecular weight excluding hydrogens is 198 g/mol. The zero-order chi connectivity index (χ0) is 11.6. The molecule has 0 bridgehead atoms. The second-order valence-corrected chi connectivity index (χ2v) is 4.14. The van der Waals surface area contributed by atoms with E-state index in [2.05, 4.69) is 10.4 Å². The van der Waals surface area contributed by atoms with Gasteiger partial charge in [-0.05, 0) is 13.8 Å². The number of nitrogens with one attached hydrogen (secondary N) is 1. The average molecular weight is 213 g/mol. The molecule has 1 rings (SSSR count). The highest BCUT2D eigenvalue weighted by molar-refractivity contribution is 5.54. The standard InChI is InChI=1S/C8H15N5O2/c1-8(2,9)5-10-7-6(13(14)15)4-12(3)11-7/h4H,5,9H2,1-3H3,(H,10,11). The monoisotopic (exact) mass is 213 g/mol. The molecule has 7 heteroatoms. The Kier molecular flexibility index (Phi) is 2.94. The summed E-state index contributed by atoms with van der Waals surface area (Å²) in [5, 5.41) is 17.4. The Hall–Kier alpha value is -1.63. The van der Waals surface area contributed by atoms with Crippen molar-refractivity contribution in [3.8, 4) is 0 Å². The summed E-state index contributed by atoms with van der Waals surface area (Å²) in [6, 6.07) is 0. The maximum absolute atomic E-state index is 10.6. The van der Waals surface area contributed by atoms with Crippen LogP contribution < -0.4 is 11.1 Å². The van der Waals surface area contributed by atoms with E-state index in [1.165, 1.54) is 10.9 Å². The van der Waals surface area contributed by atoms with Crippen molar-refractivity contribution in [3.05, 3.63) is 16.3 Å². The number of hydrogen-bond acceptors (Lipinski definition) is 5. The van der Waals surface area contributed by atoms with Crippen LogP contribution in [0.3, 0.4) is 0 Å². The molecule has 0 unspecified atom stereocenters. The molecule has 0 aromatic carbocycles. The maximum Gasteiger partial charge on any atom is 0.330 e. The van der Waals surface area contributed by atoms with E-state index in [9.17, 15) is 10.1 Å². The third-order valence-corrected chi connectivity index (χ3v) is 1.72. The fraction of sp³-hybridized carbons (Fsp3) is 0.625. The summed E-state index contributed by atoms with van der Waals surface area (Å²) >= 11 is 0. The van der Waals surface area contributed by atoms with Crippen molar-refractivity contribution in [2.45, 2.75) is 19.4 Å². The number of hydrogen-bond donors (Lipinski definition) is 2. The molecule has 0 saturated heterocycles. The van der Waals surface area contributed by atoms with Crippen molar-refractivity contribution in [3.63, 3.8) is 0 Å². The van der Waals surface area contributed by atoms with Gasteiger partial charge in [-0.3, -0.25) is 14.8 Å². The first-order chi connectivity index (χ1) is 6.79. The normalized spacial score (nSPS) is 11.5. The Morgan fingerprint density at radius 2 is 2.33 bits per heavy atom. The quantitative estimate of drug-likeness (QED) is 0.559. The number of anilines is 1. The van der Waals surface area contributed by atoms with Crippen LogP contribution in [-0.4, -0.2) is 26.8 Å². The van der Waals surface area contributed by atoms with Gasteiger partial charge < -0.3 is 11.1 Å². The SMILES string of the molecule is Cn1cc([N+](=O)[O-])c(NCC(C)(C)N)n1. The molecule has 0 fully saturated rings. The first kappa shape index (κ1) is 11.4. The van der Waals surface area contributed by atoms with Crippen LogP contribution in [0.15, 0.2) is 6.20 Å². The van der Waals surface area contributed by atoms with Gasteiger partial charge in [-0.2, -0.15) is 0 Å². The number of nitrogens with zero attached hydrogens (tertiary/aromatic N) is 3. The molecule has 15 heavy (non-hydrogen) atoms. The van der Waals surface area contributed by atoms with Crippen LogP contribution in [0.4, 0.5) is 11.5 Å². The van der Waals surface area contributed by atoms with Crippen molar-refractivity contribution in [1.29, 1.82) is 0 Å². The number of nitro groups is 1. The largest absolute Gasteiger partial charge is 0.361 e. The van der Waals surface area contributed by atoms with E-state index >= 15 is 0 Å². The number of rotatable bonds is 4. The Morgan fingerprint density at radius 1 is 1.73 bits per heavy atom. The zero-order valence-electron chi connectivity index (χ0n) is 9.02. The number of nitrogens with two attached hydrogens (primary N) is 1. The minimum absolute atomic E-state index is 0.0400. The van der Waals surface area contributed by atoms with E-state index in [1.54, 1.807) is 7.05 Å². The topological polar surface area (TPSA) is 99.0 Å². The van der Waals surface area contributed by atoms with E-state index in [1.807, 2.05) is 13.8 Å². The third-order valence-electron chi connectivity index (χ3n) is 1.72. The summed E-state index contributed by atoms with van der Waals surface area (Å²) in [6.45, 7) is 4.08. The second kappa shape index (κ2) is 3.85. The molecule has 0 atom stereocenters. The first-order valence-corrected chi connectivity index (χ1v) is 4.50. The van der Waals surface area contributed by atoms with Crippen molar-refractivity contribution in [2.75, 3.05) is 11.9 Å². The van der Waals surface area contributed by atoms with Crippen molar-refractivity contribution < 1.29 is 4.92 Å². The van der Waals surface area contributed by atoms with Gasteiger partial charge in [0, 0.05) is 19.1 Å². The van der Waals surface area contributed by atoms with Gasteiger partial charge in [0.1, 0.15) is 6.20 Å². The van der Waals surface area contributed by atoms with Crippen molar-refractivity contribution in [1.82, 2.24) is 9.78 Å². The van der Waals surface area contributed by atoms with E-state index < -0.39 is 10.5 Å². The van der Waals surface area contributed by atoms with Crippen LogP contribution in [-0.2, 0) is 7.05 Å². The fourth-order valence-electron chi connectivity index (χ4n) is 1.05. The predicted octanol–water partition coefficient (Wildman–Crippen LogP) is 0.477. The van der Waals surface area contributed by atoms with Crippen molar-refractivity contribution in [2.24, 2.45) is 12.8 Å². The Bertz CT molecular complexity index is 366. The summed E-state index contributed by atoms with van der Waals surface area (Å²) in [5.74, 6) is 0.251. The van der Waals surface area contributed by atoms with E-state index in [0.717, 1.165) is 0 Å². The molecule has 0 radical (unpaired) electrons. The van der Waals surface area contributed by atoms with Crippen LogP contribution in [0.25, 0.3) is 0 Å². The van der Waals surface area contributed by atoms with Gasteiger partial charge in [0.25, 0.3) is 0 Å². The molecule has 84 valence electrons. The summed E-state index contributed by atoms with van der Waals surface area (Å²) in [6.07, 6.45) is 1.35. The van der Waals surface area contributed by atoms with E-state index in [0.29, 0.717) is 6.54 Å². The summed E-state index contributed by atoms with van der Waals surface area (Å²) in [5.41, 5.74) is 5.27. The molecule has 1 aromatic rings. The minimum Gasteiger partial charge on any atom is -0.361 e. The Balaban J connectivity index is 2.80. The lowest BCUT2D eigenvalue weighted by molar-refractivity contribution is -0.384. The number of aromatic nitrogens is 2. The molecule has 1 heterocycles. The van der Waals surface area contributed by atoms with Crippen LogP contribution in [0, 0.1) is 10.1 Å². The maximum atomic E-state index is 10.6. The zero-order valence-corrected chi connectivity index (χ0v) is 9.02. The van der Waals surface area contributed by atoms with Gasteiger partial charge in [-0.1, -0.05) is 0 Å². The molecule has 0 aliphatic heterocycles. The minimum atomic E-state index is -0.473. The molecule has 0 spiro atoms. The third kappa shape index (κ3) is 3.21.